The third-order valence-corrected chi connectivity index (χ3v) is 2.62. The van der Waals surface area contributed by atoms with E-state index in [0.717, 1.165) is 25.2 Å². The minimum Gasteiger partial charge on any atom is -0.494 e. The molecular weight excluding hydrogens is 186 g/mol. The summed E-state index contributed by atoms with van der Waals surface area (Å²) in [5, 5.41) is 3.31. The van der Waals surface area contributed by atoms with Crippen LogP contribution in [0.25, 0.3) is 0 Å². The van der Waals surface area contributed by atoms with E-state index in [-0.39, 0.29) is 0 Å². The van der Waals surface area contributed by atoms with Crippen molar-refractivity contribution in [3.8, 4) is 5.75 Å². The van der Waals surface area contributed by atoms with Gasteiger partial charge in [0.25, 0.3) is 0 Å². The Morgan fingerprint density at radius 3 is 2.33 bits per heavy atom. The molecule has 1 N–H and O–H groups in total. The molecule has 1 rings (SSSR count). The lowest BCUT2D eigenvalue weighted by Crippen LogP contribution is -2.26. The van der Waals surface area contributed by atoms with E-state index in [9.17, 15) is 0 Å². The van der Waals surface area contributed by atoms with Crippen LogP contribution in [0.2, 0.25) is 0 Å². The van der Waals surface area contributed by atoms with Crippen LogP contribution in [0.5, 0.6) is 5.75 Å². The fourth-order valence-electron chi connectivity index (χ4n) is 1.62. The first-order valence-corrected chi connectivity index (χ1v) is 5.69. The van der Waals surface area contributed by atoms with E-state index >= 15 is 0 Å². The molecule has 0 heterocycles. The zero-order valence-corrected chi connectivity index (χ0v) is 9.92. The number of hydrogen-bond acceptors (Lipinski definition) is 2. The predicted molar refractivity (Wildman–Crippen MR) is 64.5 cm³/mol. The van der Waals surface area contributed by atoms with Gasteiger partial charge in [0.1, 0.15) is 5.75 Å². The van der Waals surface area contributed by atoms with Gasteiger partial charge in [-0.25, -0.2) is 0 Å². The van der Waals surface area contributed by atoms with Gasteiger partial charge < -0.3 is 10.1 Å². The highest BCUT2D eigenvalue weighted by molar-refractivity contribution is 5.27. The minimum atomic E-state index is 0.572. The molecule has 0 aliphatic heterocycles. The first-order valence-electron chi connectivity index (χ1n) is 5.69. The Kier molecular flexibility index (Phi) is 5.19. The second-order valence-electron chi connectivity index (χ2n) is 3.67. The van der Waals surface area contributed by atoms with E-state index in [0.29, 0.717) is 6.04 Å². The van der Waals surface area contributed by atoms with Crippen LogP contribution in [0.4, 0.5) is 0 Å². The summed E-state index contributed by atoms with van der Waals surface area (Å²) in [5.41, 5.74) is 1.36. The van der Waals surface area contributed by atoms with Crippen molar-refractivity contribution in [2.45, 2.75) is 32.7 Å². The van der Waals surface area contributed by atoms with Gasteiger partial charge in [-0.2, -0.15) is 0 Å². The van der Waals surface area contributed by atoms with Crippen molar-refractivity contribution >= 4 is 0 Å². The Morgan fingerprint density at radius 1 is 1.20 bits per heavy atom. The van der Waals surface area contributed by atoms with Gasteiger partial charge in [0.2, 0.25) is 0 Å². The Bertz CT molecular complexity index is 264. The first kappa shape index (κ1) is 12.1. The summed E-state index contributed by atoms with van der Waals surface area (Å²) in [5.74, 6) is 0.957. The standard InChI is InChI=1S/C13H21NO/c1-4-12(14-3)10-11-6-8-13(9-7-11)15-5-2/h6-9,12,14H,4-5,10H2,1-3H3/t12-/m1/s1. The van der Waals surface area contributed by atoms with Gasteiger partial charge in [-0.15, -0.1) is 0 Å². The average Bonchev–Trinajstić information content (AvgIpc) is 2.28. The lowest BCUT2D eigenvalue weighted by atomic mass is 10.0. The molecule has 0 unspecified atom stereocenters. The van der Waals surface area contributed by atoms with Crippen LogP contribution >= 0.6 is 0 Å². The van der Waals surface area contributed by atoms with Crippen LogP contribution < -0.4 is 10.1 Å². The number of rotatable bonds is 6. The molecule has 0 aromatic heterocycles. The van der Waals surface area contributed by atoms with Crippen LogP contribution in [0.3, 0.4) is 0 Å². The minimum absolute atomic E-state index is 0.572. The van der Waals surface area contributed by atoms with E-state index < -0.39 is 0 Å². The highest BCUT2D eigenvalue weighted by Gasteiger charge is 2.04. The fraction of sp³-hybridized carbons (Fsp3) is 0.538. The number of likely N-dealkylation sites (N-methyl/N-ethyl adjacent to an activating group) is 1. The van der Waals surface area contributed by atoms with Gasteiger partial charge in [-0.3, -0.25) is 0 Å². The number of benzene rings is 1. The summed E-state index contributed by atoms with van der Waals surface area (Å²) < 4.78 is 5.40. The van der Waals surface area contributed by atoms with Crippen molar-refractivity contribution in [2.24, 2.45) is 0 Å². The summed E-state index contributed by atoms with van der Waals surface area (Å²) in [6.07, 6.45) is 2.24. The summed E-state index contributed by atoms with van der Waals surface area (Å²) in [6, 6.07) is 8.95. The second kappa shape index (κ2) is 6.46. The monoisotopic (exact) mass is 207 g/mol. The van der Waals surface area contributed by atoms with Crippen LogP contribution in [-0.4, -0.2) is 19.7 Å². The summed E-state index contributed by atoms with van der Waals surface area (Å²) in [7, 11) is 2.02. The van der Waals surface area contributed by atoms with Crippen molar-refractivity contribution in [3.05, 3.63) is 29.8 Å². The number of hydrogen-bond donors (Lipinski definition) is 1. The van der Waals surface area contributed by atoms with Crippen molar-refractivity contribution in [3.63, 3.8) is 0 Å². The third-order valence-electron chi connectivity index (χ3n) is 2.62. The number of nitrogens with one attached hydrogen (secondary N) is 1. The third kappa shape index (κ3) is 3.92. The molecule has 0 aliphatic rings. The lowest BCUT2D eigenvalue weighted by Gasteiger charge is -2.13. The highest BCUT2D eigenvalue weighted by atomic mass is 16.5. The molecule has 0 aliphatic carbocycles. The van der Waals surface area contributed by atoms with Gasteiger partial charge >= 0.3 is 0 Å². The zero-order valence-electron chi connectivity index (χ0n) is 9.92. The van der Waals surface area contributed by atoms with Crippen LogP contribution in [0.15, 0.2) is 24.3 Å². The molecule has 0 fully saturated rings. The lowest BCUT2D eigenvalue weighted by molar-refractivity contribution is 0.340. The van der Waals surface area contributed by atoms with Crippen LogP contribution in [0, 0.1) is 0 Å². The summed E-state index contributed by atoms with van der Waals surface area (Å²) in [6.45, 7) is 4.94. The SMILES string of the molecule is CCOc1ccc(C[C@@H](CC)NC)cc1. The van der Waals surface area contributed by atoms with Gasteiger partial charge in [0.15, 0.2) is 0 Å². The largest absolute Gasteiger partial charge is 0.494 e. The molecule has 84 valence electrons. The Labute approximate surface area is 92.6 Å². The molecule has 1 aromatic carbocycles. The molecule has 0 radical (unpaired) electrons. The molecular formula is C13H21NO. The van der Waals surface area contributed by atoms with E-state index in [1.807, 2.05) is 26.1 Å². The van der Waals surface area contributed by atoms with Gasteiger partial charge in [-0.05, 0) is 44.5 Å². The Hall–Kier alpha value is -1.02. The Balaban J connectivity index is 2.55. The second-order valence-corrected chi connectivity index (χ2v) is 3.67. The summed E-state index contributed by atoms with van der Waals surface area (Å²) in [4.78, 5) is 0. The predicted octanol–water partition coefficient (Wildman–Crippen LogP) is 2.63. The van der Waals surface area contributed by atoms with Crippen LogP contribution in [0.1, 0.15) is 25.8 Å². The molecule has 1 atom stereocenters. The maximum Gasteiger partial charge on any atom is 0.119 e. The first-order chi connectivity index (χ1) is 7.30. The van der Waals surface area contributed by atoms with Gasteiger partial charge in [0.05, 0.1) is 6.61 Å². The maximum absolute atomic E-state index is 5.40. The normalized spacial score (nSPS) is 12.5. The van der Waals surface area contributed by atoms with E-state index in [1.54, 1.807) is 0 Å². The van der Waals surface area contributed by atoms with E-state index in [2.05, 4.69) is 24.4 Å². The molecule has 2 nitrogen and oxygen atoms in total. The molecule has 0 saturated carbocycles. The van der Waals surface area contributed by atoms with E-state index in [1.165, 1.54) is 5.56 Å². The van der Waals surface area contributed by atoms with Gasteiger partial charge in [0, 0.05) is 6.04 Å². The molecule has 0 bridgehead atoms. The van der Waals surface area contributed by atoms with E-state index in [4.69, 9.17) is 4.74 Å². The molecule has 0 spiro atoms. The molecule has 0 saturated heterocycles. The molecule has 15 heavy (non-hydrogen) atoms. The molecule has 0 amide bonds. The van der Waals surface area contributed by atoms with Crippen molar-refractivity contribution in [1.29, 1.82) is 0 Å². The number of ether oxygens (including phenoxy) is 1. The van der Waals surface area contributed by atoms with Crippen molar-refractivity contribution in [2.75, 3.05) is 13.7 Å². The topological polar surface area (TPSA) is 21.3 Å². The molecule has 2 heteroatoms. The van der Waals surface area contributed by atoms with Crippen LogP contribution in [-0.2, 0) is 6.42 Å². The molecule has 1 aromatic rings. The smallest absolute Gasteiger partial charge is 0.119 e. The highest BCUT2D eigenvalue weighted by Crippen LogP contribution is 2.13. The fourth-order valence-corrected chi connectivity index (χ4v) is 1.62. The van der Waals surface area contributed by atoms with Crippen molar-refractivity contribution in [1.82, 2.24) is 5.32 Å². The van der Waals surface area contributed by atoms with Crippen molar-refractivity contribution < 1.29 is 4.74 Å². The maximum atomic E-state index is 5.40. The van der Waals surface area contributed by atoms with Gasteiger partial charge in [-0.1, -0.05) is 19.1 Å². The zero-order chi connectivity index (χ0) is 11.1. The summed E-state index contributed by atoms with van der Waals surface area (Å²) >= 11 is 0. The Morgan fingerprint density at radius 2 is 1.87 bits per heavy atom. The average molecular weight is 207 g/mol. The quantitative estimate of drug-likeness (QED) is 0.774.